The molecule has 2 atom stereocenters. The molecule has 3 aliphatic rings. The monoisotopic (exact) mass is 417 g/mol. The molecule has 0 bridgehead atoms. The smallest absolute Gasteiger partial charge is 0.395 e. The van der Waals surface area contributed by atoms with Gasteiger partial charge in [-0.3, -0.25) is 14.9 Å². The maximum absolute atomic E-state index is 13.3. The molecule has 2 fully saturated rings. The second kappa shape index (κ2) is 6.59. The van der Waals surface area contributed by atoms with Crippen molar-refractivity contribution >= 4 is 11.8 Å². The van der Waals surface area contributed by atoms with Gasteiger partial charge in [-0.05, 0) is 36.6 Å². The van der Waals surface area contributed by atoms with E-state index in [0.717, 1.165) is 0 Å². The molecule has 30 heavy (non-hydrogen) atoms. The number of amides is 2. The highest BCUT2D eigenvalue weighted by atomic mass is 19.3. The minimum absolute atomic E-state index is 0.0430. The Balaban J connectivity index is 1.31. The van der Waals surface area contributed by atoms with Crippen LogP contribution in [0.2, 0.25) is 0 Å². The van der Waals surface area contributed by atoms with Gasteiger partial charge in [-0.2, -0.15) is 0 Å². The number of hydrogen-bond acceptors (Lipinski definition) is 7. The quantitative estimate of drug-likeness (QED) is 0.682. The Morgan fingerprint density at radius 3 is 2.63 bits per heavy atom. The first kappa shape index (κ1) is 18.7. The van der Waals surface area contributed by atoms with Crippen LogP contribution in [0.15, 0.2) is 36.7 Å². The van der Waals surface area contributed by atoms with Crippen molar-refractivity contribution in [2.24, 2.45) is 0 Å². The highest BCUT2D eigenvalue weighted by Crippen LogP contribution is 2.50. The van der Waals surface area contributed by atoms with Gasteiger partial charge < -0.3 is 20.1 Å². The van der Waals surface area contributed by atoms with Crippen molar-refractivity contribution in [2.75, 3.05) is 0 Å². The van der Waals surface area contributed by atoms with Crippen LogP contribution in [0.1, 0.15) is 36.8 Å². The Morgan fingerprint density at radius 1 is 1.17 bits per heavy atom. The van der Waals surface area contributed by atoms with Gasteiger partial charge >= 0.3 is 6.29 Å². The van der Waals surface area contributed by atoms with Gasteiger partial charge in [-0.1, -0.05) is 6.07 Å². The Bertz CT molecular complexity index is 1020. The molecule has 3 heterocycles. The van der Waals surface area contributed by atoms with Crippen LogP contribution in [-0.4, -0.2) is 34.1 Å². The summed E-state index contributed by atoms with van der Waals surface area (Å²) >= 11 is 0. The molecule has 1 saturated heterocycles. The summed E-state index contributed by atoms with van der Waals surface area (Å²) in [5, 5.41) is 8.70. The summed E-state index contributed by atoms with van der Waals surface area (Å²) in [5.41, 5.74) is -0.0547. The van der Waals surface area contributed by atoms with E-state index in [2.05, 4.69) is 35.4 Å². The largest absolute Gasteiger partial charge is 0.586 e. The Morgan fingerprint density at radius 2 is 1.90 bits per heavy atom. The van der Waals surface area contributed by atoms with Gasteiger partial charge in [0.15, 0.2) is 17.3 Å². The molecule has 1 aromatic carbocycles. The topological polar surface area (TPSA) is 114 Å². The molecule has 1 aliphatic carbocycles. The van der Waals surface area contributed by atoms with E-state index in [1.807, 2.05) is 0 Å². The second-order valence-corrected chi connectivity index (χ2v) is 7.43. The summed E-state index contributed by atoms with van der Waals surface area (Å²) < 4.78 is 35.5. The number of rotatable bonds is 4. The van der Waals surface area contributed by atoms with Crippen molar-refractivity contribution in [1.82, 2.24) is 25.9 Å². The normalized spacial score (nSPS) is 25.3. The number of ether oxygens (including phenoxy) is 2. The van der Waals surface area contributed by atoms with Crippen molar-refractivity contribution in [3.8, 4) is 11.5 Å². The van der Waals surface area contributed by atoms with Crippen LogP contribution in [0.4, 0.5) is 8.78 Å². The third-order valence-electron chi connectivity index (χ3n) is 5.29. The predicted molar refractivity (Wildman–Crippen MR) is 96.2 cm³/mol. The lowest BCUT2D eigenvalue weighted by Crippen LogP contribution is -2.57. The van der Waals surface area contributed by atoms with E-state index in [-0.39, 0.29) is 29.7 Å². The number of fused-ring (bicyclic) bond motifs is 1. The van der Waals surface area contributed by atoms with E-state index in [1.165, 1.54) is 12.1 Å². The first-order valence-corrected chi connectivity index (χ1v) is 9.38. The van der Waals surface area contributed by atoms with Crippen LogP contribution < -0.4 is 25.4 Å². The number of nitrogens with one attached hydrogen (secondary N) is 3. The Hall–Kier alpha value is -3.34. The lowest BCUT2D eigenvalue weighted by Gasteiger charge is -2.31. The number of alkyl halides is 2. The number of aromatic nitrogens is 2. The zero-order valence-corrected chi connectivity index (χ0v) is 15.5. The van der Waals surface area contributed by atoms with Gasteiger partial charge in [-0.25, -0.2) is 9.97 Å². The van der Waals surface area contributed by atoms with Gasteiger partial charge in [0.05, 0.1) is 18.0 Å². The van der Waals surface area contributed by atoms with E-state index in [9.17, 15) is 18.4 Å². The van der Waals surface area contributed by atoms with E-state index >= 15 is 0 Å². The van der Waals surface area contributed by atoms with Crippen LogP contribution in [0.25, 0.3) is 0 Å². The summed E-state index contributed by atoms with van der Waals surface area (Å²) in [4.78, 5) is 33.2. The van der Waals surface area contributed by atoms with Crippen molar-refractivity contribution < 1.29 is 27.8 Å². The van der Waals surface area contributed by atoms with Crippen molar-refractivity contribution in [3.05, 3.63) is 48.0 Å². The zero-order chi connectivity index (χ0) is 20.9. The predicted octanol–water partition coefficient (Wildman–Crippen LogP) is 1.08. The summed E-state index contributed by atoms with van der Waals surface area (Å²) in [6, 6.07) is 5.33. The van der Waals surface area contributed by atoms with Crippen LogP contribution in [0, 0.1) is 0 Å². The van der Waals surface area contributed by atoms with Crippen LogP contribution in [0.3, 0.4) is 0 Å². The molecular formula is C19H17F2N5O4. The Kier molecular flexibility index (Phi) is 4.10. The zero-order valence-electron chi connectivity index (χ0n) is 15.5. The average Bonchev–Trinajstić information content (AvgIpc) is 3.42. The number of carbonyl (C=O) groups excluding carboxylic acids is 2. The molecule has 0 radical (unpaired) electrons. The first-order valence-electron chi connectivity index (χ1n) is 9.38. The van der Waals surface area contributed by atoms with E-state index in [1.54, 1.807) is 24.5 Å². The third-order valence-corrected chi connectivity index (χ3v) is 5.29. The minimum Gasteiger partial charge on any atom is -0.395 e. The van der Waals surface area contributed by atoms with E-state index < -0.39 is 24.0 Å². The van der Waals surface area contributed by atoms with Crippen molar-refractivity contribution in [1.29, 1.82) is 0 Å². The maximum Gasteiger partial charge on any atom is 0.586 e. The minimum atomic E-state index is -3.70. The SMILES string of the molecule is O=C1CC(C(=O)NC2(c3ccc4c(c3)OC(F)(F)O4)CC2)NC(c2ncccn2)N1. The molecule has 2 amide bonds. The van der Waals surface area contributed by atoms with Gasteiger partial charge in [0.2, 0.25) is 11.8 Å². The Labute approximate surface area is 169 Å². The van der Waals surface area contributed by atoms with Crippen LogP contribution >= 0.6 is 0 Å². The number of benzene rings is 1. The summed E-state index contributed by atoms with van der Waals surface area (Å²) in [6.45, 7) is 0. The molecule has 2 unspecified atom stereocenters. The van der Waals surface area contributed by atoms with E-state index in [0.29, 0.717) is 24.2 Å². The average molecular weight is 417 g/mol. The highest BCUT2D eigenvalue weighted by Gasteiger charge is 2.49. The van der Waals surface area contributed by atoms with Crippen LogP contribution in [0.5, 0.6) is 11.5 Å². The molecule has 9 nitrogen and oxygen atoms in total. The van der Waals surface area contributed by atoms with Gasteiger partial charge in [0.1, 0.15) is 6.17 Å². The maximum atomic E-state index is 13.3. The molecule has 156 valence electrons. The second-order valence-electron chi connectivity index (χ2n) is 7.43. The molecule has 5 rings (SSSR count). The lowest BCUT2D eigenvalue weighted by atomic mass is 10.0. The standard InChI is InChI=1S/C19H17F2N5O4/c20-19(21)29-12-3-2-10(8-13(12)30-19)18(4-5-18)26-17(28)11-9-14(27)25-16(24-11)15-22-6-1-7-23-15/h1-3,6-8,11,16,24H,4-5,9H2,(H,25,27)(H,26,28). The molecule has 1 aromatic heterocycles. The molecule has 3 N–H and O–H groups in total. The highest BCUT2D eigenvalue weighted by molar-refractivity contribution is 5.90. The van der Waals surface area contributed by atoms with Gasteiger partial charge in [0.25, 0.3) is 0 Å². The summed E-state index contributed by atoms with van der Waals surface area (Å²) in [6.07, 6.45) is -0.0681. The molecule has 2 aromatic rings. The van der Waals surface area contributed by atoms with Gasteiger partial charge in [0, 0.05) is 12.4 Å². The molecule has 1 saturated carbocycles. The molecule has 2 aliphatic heterocycles. The lowest BCUT2D eigenvalue weighted by molar-refractivity contribution is -0.286. The number of carbonyl (C=O) groups is 2. The fourth-order valence-electron chi connectivity index (χ4n) is 3.65. The van der Waals surface area contributed by atoms with Crippen molar-refractivity contribution in [3.63, 3.8) is 0 Å². The molecule has 0 spiro atoms. The molecule has 11 heteroatoms. The summed E-state index contributed by atoms with van der Waals surface area (Å²) in [7, 11) is 0. The molecular weight excluding hydrogens is 400 g/mol. The first-order chi connectivity index (χ1) is 14.3. The number of hydrogen-bond donors (Lipinski definition) is 3. The summed E-state index contributed by atoms with van der Waals surface area (Å²) in [5.74, 6) is -0.453. The van der Waals surface area contributed by atoms with Gasteiger partial charge in [-0.15, -0.1) is 8.78 Å². The van der Waals surface area contributed by atoms with Crippen LogP contribution in [-0.2, 0) is 15.1 Å². The fraction of sp³-hybridized carbons (Fsp3) is 0.368. The van der Waals surface area contributed by atoms with Crippen molar-refractivity contribution in [2.45, 2.75) is 43.3 Å². The number of nitrogens with zero attached hydrogens (tertiary/aromatic N) is 2. The third kappa shape index (κ3) is 3.41. The fourth-order valence-corrected chi connectivity index (χ4v) is 3.65. The number of halogens is 2. The van der Waals surface area contributed by atoms with E-state index in [4.69, 9.17) is 0 Å².